The van der Waals surface area contributed by atoms with Crippen molar-refractivity contribution in [2.75, 3.05) is 13.7 Å². The van der Waals surface area contributed by atoms with Gasteiger partial charge >= 0.3 is 5.97 Å². The highest BCUT2D eigenvalue weighted by atomic mass is 32.2. The Labute approximate surface area is 125 Å². The summed E-state index contributed by atoms with van der Waals surface area (Å²) in [5.41, 5.74) is 0. The first-order valence-electron chi connectivity index (χ1n) is 6.61. The van der Waals surface area contributed by atoms with E-state index in [2.05, 4.69) is 4.72 Å². The van der Waals surface area contributed by atoms with Gasteiger partial charge < -0.3 is 9.47 Å². The maximum Gasteiger partial charge on any atom is 0.307 e. The summed E-state index contributed by atoms with van der Waals surface area (Å²) in [7, 11) is -2.11. The summed E-state index contributed by atoms with van der Waals surface area (Å²) >= 11 is 0. The maximum atomic E-state index is 12.1. The van der Waals surface area contributed by atoms with E-state index in [1.54, 1.807) is 32.0 Å². The molecule has 118 valence electrons. The van der Waals surface area contributed by atoms with Crippen LogP contribution in [0.2, 0.25) is 0 Å². The molecule has 0 heterocycles. The first-order valence-corrected chi connectivity index (χ1v) is 8.09. The fourth-order valence-electron chi connectivity index (χ4n) is 1.77. The van der Waals surface area contributed by atoms with Crippen LogP contribution in [0.15, 0.2) is 35.2 Å². The van der Waals surface area contributed by atoms with Crippen LogP contribution < -0.4 is 4.72 Å². The first-order chi connectivity index (χ1) is 9.85. The minimum atomic E-state index is -3.63. The number of nitrogens with one attached hydrogen (secondary N) is 1. The number of carbonyl (C=O) groups excluding carboxylic acids is 1. The van der Waals surface area contributed by atoms with E-state index in [1.807, 2.05) is 0 Å². The van der Waals surface area contributed by atoms with Gasteiger partial charge in [-0.25, -0.2) is 13.1 Å². The SMILES string of the molecule is COCC(C)OC(=O)CC(C)NS(=O)(=O)c1ccccc1. The minimum Gasteiger partial charge on any atom is -0.460 e. The summed E-state index contributed by atoms with van der Waals surface area (Å²) < 4.78 is 36.5. The second-order valence-electron chi connectivity index (χ2n) is 4.80. The quantitative estimate of drug-likeness (QED) is 0.732. The average molecular weight is 315 g/mol. The summed E-state index contributed by atoms with van der Waals surface area (Å²) in [6, 6.07) is 7.44. The topological polar surface area (TPSA) is 81.7 Å². The van der Waals surface area contributed by atoms with Crippen LogP contribution in [0.4, 0.5) is 0 Å². The van der Waals surface area contributed by atoms with Crippen molar-refractivity contribution in [3.63, 3.8) is 0 Å². The summed E-state index contributed by atoms with van der Waals surface area (Å²) in [6.45, 7) is 3.62. The van der Waals surface area contributed by atoms with Crippen molar-refractivity contribution >= 4 is 16.0 Å². The van der Waals surface area contributed by atoms with Crippen LogP contribution in [0.5, 0.6) is 0 Å². The van der Waals surface area contributed by atoms with Crippen molar-refractivity contribution in [2.45, 2.75) is 37.3 Å². The summed E-state index contributed by atoms with van der Waals surface area (Å²) in [6.07, 6.45) is -0.402. The number of rotatable bonds is 8. The van der Waals surface area contributed by atoms with Crippen LogP contribution in [0.1, 0.15) is 20.3 Å². The van der Waals surface area contributed by atoms with Gasteiger partial charge in [0, 0.05) is 13.2 Å². The third-order valence-corrected chi connectivity index (χ3v) is 4.22. The van der Waals surface area contributed by atoms with Gasteiger partial charge in [-0.1, -0.05) is 18.2 Å². The molecular formula is C14H21NO5S. The highest BCUT2D eigenvalue weighted by Gasteiger charge is 2.20. The number of ether oxygens (including phenoxy) is 2. The number of carbonyl (C=O) groups is 1. The van der Waals surface area contributed by atoms with Crippen LogP contribution in [0, 0.1) is 0 Å². The van der Waals surface area contributed by atoms with Gasteiger partial charge in [0.25, 0.3) is 0 Å². The summed E-state index contributed by atoms with van der Waals surface area (Å²) in [5.74, 6) is -0.470. The molecule has 0 spiro atoms. The Bertz CT molecular complexity index is 544. The minimum absolute atomic E-state index is 0.0415. The standard InChI is InChI=1S/C14H21NO5S/c1-11(9-14(16)20-12(2)10-19-3)15-21(17,18)13-7-5-4-6-8-13/h4-8,11-12,15H,9-10H2,1-3H3. The number of methoxy groups -OCH3 is 1. The maximum absolute atomic E-state index is 12.1. The lowest BCUT2D eigenvalue weighted by Gasteiger charge is -2.16. The van der Waals surface area contributed by atoms with Crippen molar-refractivity contribution in [1.29, 1.82) is 0 Å². The molecule has 1 aromatic rings. The van der Waals surface area contributed by atoms with E-state index in [-0.39, 0.29) is 17.4 Å². The normalized spacial score (nSPS) is 14.4. The van der Waals surface area contributed by atoms with Crippen molar-refractivity contribution in [3.8, 4) is 0 Å². The lowest BCUT2D eigenvalue weighted by molar-refractivity contribution is -0.150. The van der Waals surface area contributed by atoms with Crippen LogP contribution in [0.3, 0.4) is 0 Å². The average Bonchev–Trinajstić information content (AvgIpc) is 2.38. The van der Waals surface area contributed by atoms with Gasteiger partial charge in [0.15, 0.2) is 0 Å². The van der Waals surface area contributed by atoms with Gasteiger partial charge in [-0.3, -0.25) is 4.79 Å². The molecule has 2 atom stereocenters. The van der Waals surface area contributed by atoms with Gasteiger partial charge in [0.2, 0.25) is 10.0 Å². The molecule has 6 nitrogen and oxygen atoms in total. The van der Waals surface area contributed by atoms with E-state index in [9.17, 15) is 13.2 Å². The Hall–Kier alpha value is -1.44. The Morgan fingerprint density at radius 3 is 2.43 bits per heavy atom. The Balaban J connectivity index is 2.53. The lowest BCUT2D eigenvalue weighted by atomic mass is 10.2. The molecule has 1 aromatic carbocycles. The van der Waals surface area contributed by atoms with E-state index < -0.39 is 22.0 Å². The number of hydrogen-bond acceptors (Lipinski definition) is 5. The van der Waals surface area contributed by atoms with Gasteiger partial charge in [-0.15, -0.1) is 0 Å². The van der Waals surface area contributed by atoms with E-state index >= 15 is 0 Å². The monoisotopic (exact) mass is 315 g/mol. The molecule has 0 saturated heterocycles. The lowest BCUT2D eigenvalue weighted by Crippen LogP contribution is -2.35. The molecule has 0 amide bonds. The number of sulfonamides is 1. The third kappa shape index (κ3) is 6.24. The van der Waals surface area contributed by atoms with Crippen molar-refractivity contribution < 1.29 is 22.7 Å². The predicted molar refractivity (Wildman–Crippen MR) is 78.3 cm³/mol. The van der Waals surface area contributed by atoms with Crippen LogP contribution in [-0.4, -0.2) is 40.2 Å². The summed E-state index contributed by atoms with van der Waals surface area (Å²) in [5, 5.41) is 0. The molecule has 7 heteroatoms. The molecule has 0 aliphatic rings. The van der Waals surface area contributed by atoms with E-state index in [4.69, 9.17) is 9.47 Å². The van der Waals surface area contributed by atoms with E-state index in [0.29, 0.717) is 6.61 Å². The largest absolute Gasteiger partial charge is 0.460 e. The van der Waals surface area contributed by atoms with Crippen molar-refractivity contribution in [2.24, 2.45) is 0 Å². The van der Waals surface area contributed by atoms with Crippen molar-refractivity contribution in [3.05, 3.63) is 30.3 Å². The Morgan fingerprint density at radius 1 is 1.24 bits per heavy atom. The molecule has 1 rings (SSSR count). The summed E-state index contributed by atoms with van der Waals surface area (Å²) in [4.78, 5) is 11.8. The second-order valence-corrected chi connectivity index (χ2v) is 6.51. The molecule has 0 aliphatic carbocycles. The zero-order valence-electron chi connectivity index (χ0n) is 12.4. The number of benzene rings is 1. The fraction of sp³-hybridized carbons (Fsp3) is 0.500. The molecule has 1 N–H and O–H groups in total. The van der Waals surface area contributed by atoms with E-state index in [1.165, 1.54) is 19.2 Å². The van der Waals surface area contributed by atoms with Gasteiger partial charge in [-0.05, 0) is 26.0 Å². The Kier molecular flexibility index (Phi) is 6.80. The molecule has 0 aromatic heterocycles. The van der Waals surface area contributed by atoms with Crippen LogP contribution in [0.25, 0.3) is 0 Å². The van der Waals surface area contributed by atoms with Crippen molar-refractivity contribution in [1.82, 2.24) is 4.72 Å². The fourth-order valence-corrected chi connectivity index (χ4v) is 3.03. The van der Waals surface area contributed by atoms with Gasteiger partial charge in [0.1, 0.15) is 6.10 Å². The highest BCUT2D eigenvalue weighted by molar-refractivity contribution is 7.89. The molecule has 21 heavy (non-hydrogen) atoms. The molecule has 0 aliphatic heterocycles. The van der Waals surface area contributed by atoms with Gasteiger partial charge in [-0.2, -0.15) is 0 Å². The zero-order chi connectivity index (χ0) is 15.9. The first kappa shape index (κ1) is 17.6. The number of esters is 1. The second kappa shape index (κ2) is 8.11. The molecule has 0 fully saturated rings. The predicted octanol–water partition coefficient (Wildman–Crippen LogP) is 1.32. The highest BCUT2D eigenvalue weighted by Crippen LogP contribution is 2.09. The van der Waals surface area contributed by atoms with Crippen LogP contribution in [-0.2, 0) is 24.3 Å². The molecule has 0 saturated carbocycles. The van der Waals surface area contributed by atoms with Gasteiger partial charge in [0.05, 0.1) is 17.9 Å². The Morgan fingerprint density at radius 2 is 1.86 bits per heavy atom. The molecule has 0 bridgehead atoms. The smallest absolute Gasteiger partial charge is 0.307 e. The molecule has 0 radical (unpaired) electrons. The van der Waals surface area contributed by atoms with Crippen LogP contribution >= 0.6 is 0 Å². The third-order valence-electron chi connectivity index (χ3n) is 2.62. The zero-order valence-corrected chi connectivity index (χ0v) is 13.2. The van der Waals surface area contributed by atoms with E-state index in [0.717, 1.165) is 0 Å². The molecule has 2 unspecified atom stereocenters. The number of hydrogen-bond donors (Lipinski definition) is 1. The molecular weight excluding hydrogens is 294 g/mol.